The molecule has 3 nitrogen and oxygen atoms in total. The Hall–Kier alpha value is -1.72. The number of carbonyl (C=O) groups excluding carboxylic acids is 1. The Morgan fingerprint density at radius 3 is 2.48 bits per heavy atom. The van der Waals surface area contributed by atoms with Crippen LogP contribution in [0.15, 0.2) is 42.5 Å². The second-order valence-corrected chi connectivity index (χ2v) is 6.73. The summed E-state index contributed by atoms with van der Waals surface area (Å²) in [6.07, 6.45) is 1.37. The monoisotopic (exact) mass is 406 g/mol. The maximum atomic E-state index is 13.9. The van der Waals surface area contributed by atoms with Crippen LogP contribution in [0.3, 0.4) is 0 Å². The van der Waals surface area contributed by atoms with Crippen LogP contribution in [0.25, 0.3) is 0 Å². The molecule has 1 aliphatic rings. The van der Waals surface area contributed by atoms with E-state index < -0.39 is 5.82 Å². The molecule has 0 atom stereocenters. The number of hydrogen-bond donors (Lipinski definition) is 0. The highest BCUT2D eigenvalue weighted by Gasteiger charge is 2.23. The first-order chi connectivity index (χ1) is 12.2. The Bertz CT molecular complexity index is 724. The molecule has 0 spiro atoms. The Balaban J connectivity index is 1.68. The number of benzene rings is 2. The molecule has 0 unspecified atom stereocenters. The first-order valence-corrected chi connectivity index (χ1v) is 9.47. The van der Waals surface area contributed by atoms with Gasteiger partial charge in [-0.25, -0.2) is 4.39 Å². The van der Waals surface area contributed by atoms with Crippen LogP contribution in [0.5, 0.6) is 5.75 Å². The van der Waals surface area contributed by atoms with E-state index in [1.165, 1.54) is 17.7 Å². The molecule has 0 amide bonds. The summed E-state index contributed by atoms with van der Waals surface area (Å²) in [5.74, 6) is -0.211. The highest BCUT2D eigenvalue weighted by Crippen LogP contribution is 2.24. The van der Waals surface area contributed by atoms with Gasteiger partial charge in [0.2, 0.25) is 0 Å². The minimum absolute atomic E-state index is 0.0330. The fourth-order valence-corrected chi connectivity index (χ4v) is 3.25. The van der Waals surface area contributed by atoms with Gasteiger partial charge in [0, 0.05) is 36.1 Å². The van der Waals surface area contributed by atoms with E-state index in [9.17, 15) is 9.18 Å². The van der Waals surface area contributed by atoms with E-state index in [-0.39, 0.29) is 11.7 Å². The van der Waals surface area contributed by atoms with Crippen molar-refractivity contribution in [1.82, 2.24) is 0 Å². The molecule has 5 heteroatoms. The molecule has 0 saturated carbocycles. The third kappa shape index (κ3) is 4.89. The Morgan fingerprint density at radius 2 is 1.80 bits per heavy atom. The number of carbonyl (C=O) groups is 1. The molecule has 25 heavy (non-hydrogen) atoms. The van der Waals surface area contributed by atoms with Crippen molar-refractivity contribution in [3.05, 3.63) is 65.0 Å². The Kier molecular flexibility index (Phi) is 6.21. The lowest BCUT2D eigenvalue weighted by Gasteiger charge is -2.21. The minimum atomic E-state index is -0.456. The van der Waals surface area contributed by atoms with Crippen LogP contribution in [0.2, 0.25) is 0 Å². The lowest BCUT2D eigenvalue weighted by molar-refractivity contribution is 0.0544. The van der Waals surface area contributed by atoms with Crippen LogP contribution in [0.4, 0.5) is 4.39 Å². The zero-order valence-corrected chi connectivity index (χ0v) is 15.4. The van der Waals surface area contributed by atoms with Crippen LogP contribution in [-0.2, 0) is 16.7 Å². The van der Waals surface area contributed by atoms with E-state index in [1.807, 2.05) is 24.3 Å². The van der Waals surface area contributed by atoms with Gasteiger partial charge in [0.05, 0.1) is 0 Å². The molecule has 132 valence electrons. The molecule has 3 rings (SSSR count). The molecule has 1 fully saturated rings. The van der Waals surface area contributed by atoms with Crippen LogP contribution in [0, 0.1) is 11.7 Å². The molecule has 1 heterocycles. The first-order valence-electron chi connectivity index (χ1n) is 8.35. The van der Waals surface area contributed by atoms with Crippen molar-refractivity contribution < 1.29 is 18.7 Å². The largest absolute Gasteiger partial charge is 0.489 e. The van der Waals surface area contributed by atoms with Crippen molar-refractivity contribution in [2.45, 2.75) is 24.8 Å². The summed E-state index contributed by atoms with van der Waals surface area (Å²) in [7, 11) is 0. The molecule has 2 aromatic rings. The number of ketones is 1. The van der Waals surface area contributed by atoms with Gasteiger partial charge in [-0.15, -0.1) is 0 Å². The number of halogens is 2. The zero-order valence-electron chi connectivity index (χ0n) is 13.8. The summed E-state index contributed by atoms with van der Waals surface area (Å²) in [6, 6.07) is 12.2. The predicted octanol–water partition coefficient (Wildman–Crippen LogP) is 4.91. The quantitative estimate of drug-likeness (QED) is 0.504. The van der Waals surface area contributed by atoms with Crippen LogP contribution < -0.4 is 4.74 Å². The summed E-state index contributed by atoms with van der Waals surface area (Å²) in [5.41, 5.74) is 2.54. The van der Waals surface area contributed by atoms with Gasteiger partial charge in [0.15, 0.2) is 5.78 Å². The summed E-state index contributed by atoms with van der Waals surface area (Å²) in [6.45, 7) is 1.50. The summed E-state index contributed by atoms with van der Waals surface area (Å²) >= 11 is 3.41. The van der Waals surface area contributed by atoms with E-state index in [0.29, 0.717) is 44.0 Å². The molecule has 2 aromatic carbocycles. The van der Waals surface area contributed by atoms with Crippen LogP contribution >= 0.6 is 15.9 Å². The average Bonchev–Trinajstić information content (AvgIpc) is 2.66. The molecule has 1 aliphatic heterocycles. The van der Waals surface area contributed by atoms with E-state index >= 15 is 0 Å². The minimum Gasteiger partial charge on any atom is -0.489 e. The highest BCUT2D eigenvalue weighted by molar-refractivity contribution is 9.08. The first kappa shape index (κ1) is 18.1. The fraction of sp³-hybridized carbons (Fsp3) is 0.350. The summed E-state index contributed by atoms with van der Waals surface area (Å²) in [5, 5.41) is 0.801. The van der Waals surface area contributed by atoms with Crippen molar-refractivity contribution in [3.63, 3.8) is 0 Å². The van der Waals surface area contributed by atoms with E-state index in [2.05, 4.69) is 15.9 Å². The molecular weight excluding hydrogens is 387 g/mol. The van der Waals surface area contributed by atoms with Crippen LogP contribution in [-0.4, -0.2) is 19.0 Å². The molecule has 1 saturated heterocycles. The second-order valence-electron chi connectivity index (χ2n) is 6.17. The predicted molar refractivity (Wildman–Crippen MR) is 97.7 cm³/mol. The maximum absolute atomic E-state index is 13.9. The molecule has 0 aliphatic carbocycles. The Morgan fingerprint density at radius 1 is 1.12 bits per heavy atom. The average molecular weight is 407 g/mol. The number of alkyl halides is 1. The smallest absolute Gasteiger partial charge is 0.166 e. The normalized spacial score (nSPS) is 15.1. The lowest BCUT2D eigenvalue weighted by Crippen LogP contribution is -2.23. The number of hydrogen-bond acceptors (Lipinski definition) is 3. The Labute approximate surface area is 155 Å². The molecule has 0 aromatic heterocycles. The van der Waals surface area contributed by atoms with Crippen molar-refractivity contribution in [2.24, 2.45) is 5.92 Å². The molecule has 0 bridgehead atoms. The van der Waals surface area contributed by atoms with Gasteiger partial charge in [-0.1, -0.05) is 40.2 Å². The third-order valence-corrected chi connectivity index (χ3v) is 4.98. The van der Waals surface area contributed by atoms with E-state index in [0.717, 1.165) is 10.9 Å². The van der Waals surface area contributed by atoms with E-state index in [1.54, 1.807) is 6.07 Å². The second kappa shape index (κ2) is 8.59. The van der Waals surface area contributed by atoms with E-state index in [4.69, 9.17) is 9.47 Å². The zero-order chi connectivity index (χ0) is 17.6. The van der Waals surface area contributed by atoms with Crippen molar-refractivity contribution in [1.29, 1.82) is 0 Å². The van der Waals surface area contributed by atoms with Crippen molar-refractivity contribution >= 4 is 21.7 Å². The maximum Gasteiger partial charge on any atom is 0.166 e. The fourth-order valence-electron chi connectivity index (χ4n) is 2.88. The summed E-state index contributed by atoms with van der Waals surface area (Å²) < 4.78 is 24.9. The SMILES string of the molecule is O=C(c1cc(F)cc(OCc2ccc(CBr)cc2)c1)C1CCOCC1. The highest BCUT2D eigenvalue weighted by atomic mass is 79.9. The van der Waals surface area contributed by atoms with Gasteiger partial charge < -0.3 is 9.47 Å². The molecule has 0 radical (unpaired) electrons. The standard InChI is InChI=1S/C20H20BrFO3/c21-12-14-1-3-15(4-2-14)13-25-19-10-17(9-18(22)11-19)20(23)16-5-7-24-8-6-16/h1-4,9-11,16H,5-8,12-13H2. The number of Topliss-reactive ketones (excluding diaryl/α,β-unsaturated/α-hetero) is 1. The number of ether oxygens (including phenoxy) is 2. The van der Waals surface area contributed by atoms with Gasteiger partial charge in [0.1, 0.15) is 18.2 Å². The van der Waals surface area contributed by atoms with Gasteiger partial charge in [-0.3, -0.25) is 4.79 Å². The molecular formula is C20H20BrFO3. The van der Waals surface area contributed by atoms with Gasteiger partial charge in [-0.05, 0) is 36.1 Å². The van der Waals surface area contributed by atoms with Crippen LogP contribution in [0.1, 0.15) is 34.3 Å². The van der Waals surface area contributed by atoms with Crippen molar-refractivity contribution in [3.8, 4) is 5.75 Å². The third-order valence-electron chi connectivity index (χ3n) is 4.33. The van der Waals surface area contributed by atoms with Crippen molar-refractivity contribution in [2.75, 3.05) is 13.2 Å². The van der Waals surface area contributed by atoms with Gasteiger partial charge >= 0.3 is 0 Å². The topological polar surface area (TPSA) is 35.5 Å². The number of rotatable bonds is 6. The van der Waals surface area contributed by atoms with Gasteiger partial charge in [0.25, 0.3) is 0 Å². The lowest BCUT2D eigenvalue weighted by atomic mass is 9.91. The summed E-state index contributed by atoms with van der Waals surface area (Å²) in [4.78, 5) is 12.6. The van der Waals surface area contributed by atoms with Gasteiger partial charge in [-0.2, -0.15) is 0 Å². The molecule has 0 N–H and O–H groups in total.